The van der Waals surface area contributed by atoms with E-state index in [9.17, 15) is 8.42 Å². The lowest BCUT2D eigenvalue weighted by molar-refractivity contribution is 0.578. The molecule has 1 aromatic heterocycles. The molecule has 1 aromatic rings. The number of thioether (sulfide) groups is 1. The van der Waals surface area contributed by atoms with E-state index in [2.05, 4.69) is 20.0 Å². The molecule has 1 saturated heterocycles. The van der Waals surface area contributed by atoms with Crippen LogP contribution in [-0.2, 0) is 10.0 Å². The summed E-state index contributed by atoms with van der Waals surface area (Å²) in [6.45, 7) is 3.10. The van der Waals surface area contributed by atoms with Crippen molar-refractivity contribution in [3.63, 3.8) is 0 Å². The molecule has 0 amide bonds. The smallest absolute Gasteiger partial charge is 0.243 e. The Morgan fingerprint density at radius 3 is 2.74 bits per heavy atom. The van der Waals surface area contributed by atoms with Gasteiger partial charge in [-0.3, -0.25) is 0 Å². The predicted molar refractivity (Wildman–Crippen MR) is 76.9 cm³/mol. The summed E-state index contributed by atoms with van der Waals surface area (Å²) in [6.07, 6.45) is 4.89. The fourth-order valence-electron chi connectivity index (χ4n) is 1.80. The fourth-order valence-corrected chi connectivity index (χ4v) is 4.07. The average Bonchev–Trinajstić information content (AvgIpc) is 2.91. The molecule has 6 nitrogen and oxygen atoms in total. The van der Waals surface area contributed by atoms with E-state index in [-0.39, 0.29) is 4.90 Å². The average molecular weight is 302 g/mol. The second-order valence-electron chi connectivity index (χ2n) is 4.26. The Kier molecular flexibility index (Phi) is 5.00. The number of aromatic nitrogens is 2. The molecule has 19 heavy (non-hydrogen) atoms. The first-order chi connectivity index (χ1) is 9.12. The Labute approximate surface area is 117 Å². The predicted octanol–water partition coefficient (Wildman–Crippen LogP) is 1.08. The molecule has 8 heteroatoms. The second-order valence-corrected chi connectivity index (χ2v) is 7.43. The highest BCUT2D eigenvalue weighted by molar-refractivity contribution is 8.00. The maximum absolute atomic E-state index is 12.0. The number of sulfonamides is 1. The molecule has 1 atom stereocenters. The van der Waals surface area contributed by atoms with Gasteiger partial charge in [0.25, 0.3) is 0 Å². The van der Waals surface area contributed by atoms with Gasteiger partial charge >= 0.3 is 0 Å². The van der Waals surface area contributed by atoms with Crippen LogP contribution >= 0.6 is 11.8 Å². The van der Waals surface area contributed by atoms with Gasteiger partial charge in [-0.1, -0.05) is 0 Å². The normalized spacial score (nSPS) is 19.5. The van der Waals surface area contributed by atoms with Crippen LogP contribution in [0.2, 0.25) is 0 Å². The fraction of sp³-hybridized carbons (Fsp3) is 0.636. The first-order valence-corrected chi connectivity index (χ1v) is 8.82. The van der Waals surface area contributed by atoms with Crippen LogP contribution in [0.4, 0.5) is 5.95 Å². The molecule has 1 aliphatic rings. The van der Waals surface area contributed by atoms with E-state index in [0.29, 0.717) is 24.3 Å². The first kappa shape index (κ1) is 14.5. The van der Waals surface area contributed by atoms with Gasteiger partial charge in [0, 0.05) is 18.3 Å². The van der Waals surface area contributed by atoms with Gasteiger partial charge in [0.2, 0.25) is 16.0 Å². The standard InChI is InChI=1S/C11H18N4O2S2/c1-2-12-11-13-7-10(8-14-11)19(16,17)15-6-9-4-3-5-18-9/h7-9,15H,2-6H2,1H3,(H,12,13,14). The molecule has 2 N–H and O–H groups in total. The van der Waals surface area contributed by atoms with Gasteiger partial charge in [-0.15, -0.1) is 0 Å². The maximum atomic E-state index is 12.0. The lowest BCUT2D eigenvalue weighted by atomic mass is 10.2. The molecule has 0 aromatic carbocycles. The van der Waals surface area contributed by atoms with Crippen LogP contribution in [0.25, 0.3) is 0 Å². The van der Waals surface area contributed by atoms with E-state index in [0.717, 1.165) is 18.6 Å². The van der Waals surface area contributed by atoms with Crippen molar-refractivity contribution in [2.24, 2.45) is 0 Å². The van der Waals surface area contributed by atoms with Crippen molar-refractivity contribution >= 4 is 27.7 Å². The summed E-state index contributed by atoms with van der Waals surface area (Å²) in [4.78, 5) is 8.04. The van der Waals surface area contributed by atoms with Crippen molar-refractivity contribution in [1.82, 2.24) is 14.7 Å². The molecule has 1 fully saturated rings. The Morgan fingerprint density at radius 2 is 2.16 bits per heavy atom. The molecule has 1 unspecified atom stereocenters. The highest BCUT2D eigenvalue weighted by atomic mass is 32.2. The van der Waals surface area contributed by atoms with Crippen molar-refractivity contribution in [1.29, 1.82) is 0 Å². The van der Waals surface area contributed by atoms with Gasteiger partial charge in [0.15, 0.2) is 0 Å². The van der Waals surface area contributed by atoms with Gasteiger partial charge in [-0.25, -0.2) is 23.1 Å². The zero-order valence-corrected chi connectivity index (χ0v) is 12.4. The quantitative estimate of drug-likeness (QED) is 0.818. The van der Waals surface area contributed by atoms with Crippen LogP contribution in [0.15, 0.2) is 17.3 Å². The third-order valence-corrected chi connectivity index (χ3v) is 5.57. The van der Waals surface area contributed by atoms with E-state index in [1.807, 2.05) is 18.7 Å². The van der Waals surface area contributed by atoms with Crippen molar-refractivity contribution in [3.05, 3.63) is 12.4 Å². The summed E-state index contributed by atoms with van der Waals surface area (Å²) >= 11 is 1.82. The van der Waals surface area contributed by atoms with E-state index < -0.39 is 10.0 Å². The molecule has 2 heterocycles. The molecule has 2 rings (SSSR count). The summed E-state index contributed by atoms with van der Waals surface area (Å²) in [5, 5.41) is 3.31. The number of hydrogen-bond acceptors (Lipinski definition) is 6. The summed E-state index contributed by atoms with van der Waals surface area (Å²) < 4.78 is 26.7. The molecule has 0 radical (unpaired) electrons. The number of hydrogen-bond donors (Lipinski definition) is 2. The zero-order valence-electron chi connectivity index (χ0n) is 10.8. The number of anilines is 1. The van der Waals surface area contributed by atoms with Crippen LogP contribution in [0.5, 0.6) is 0 Å². The van der Waals surface area contributed by atoms with Gasteiger partial charge in [-0.2, -0.15) is 11.8 Å². The summed E-state index contributed by atoms with van der Waals surface area (Å²) in [5.74, 6) is 1.56. The minimum Gasteiger partial charge on any atom is -0.355 e. The maximum Gasteiger partial charge on any atom is 0.243 e. The Morgan fingerprint density at radius 1 is 1.42 bits per heavy atom. The van der Waals surface area contributed by atoms with Crippen LogP contribution in [-0.4, -0.2) is 42.5 Å². The first-order valence-electron chi connectivity index (χ1n) is 6.29. The van der Waals surface area contributed by atoms with Gasteiger partial charge in [-0.05, 0) is 25.5 Å². The Bertz CT molecular complexity index is 498. The number of nitrogens with one attached hydrogen (secondary N) is 2. The van der Waals surface area contributed by atoms with Crippen molar-refractivity contribution in [3.8, 4) is 0 Å². The second kappa shape index (κ2) is 6.53. The van der Waals surface area contributed by atoms with Crippen LogP contribution in [0, 0.1) is 0 Å². The molecule has 0 bridgehead atoms. The number of nitrogens with zero attached hydrogens (tertiary/aromatic N) is 2. The summed E-state index contributed by atoms with van der Waals surface area (Å²) in [7, 11) is -3.50. The Balaban J connectivity index is 1.97. The minimum atomic E-state index is -3.50. The number of rotatable bonds is 6. The van der Waals surface area contributed by atoms with Crippen molar-refractivity contribution < 1.29 is 8.42 Å². The third-order valence-electron chi connectivity index (χ3n) is 2.80. The minimum absolute atomic E-state index is 0.108. The molecule has 1 aliphatic heterocycles. The van der Waals surface area contributed by atoms with E-state index in [4.69, 9.17) is 0 Å². The van der Waals surface area contributed by atoms with Gasteiger partial charge < -0.3 is 5.32 Å². The van der Waals surface area contributed by atoms with Gasteiger partial charge in [0.1, 0.15) is 4.90 Å². The highest BCUT2D eigenvalue weighted by Gasteiger charge is 2.20. The molecule has 0 saturated carbocycles. The molecule has 0 spiro atoms. The van der Waals surface area contributed by atoms with Crippen molar-refractivity contribution in [2.45, 2.75) is 29.9 Å². The van der Waals surface area contributed by atoms with E-state index in [1.54, 1.807) is 0 Å². The van der Waals surface area contributed by atoms with Crippen molar-refractivity contribution in [2.75, 3.05) is 24.2 Å². The van der Waals surface area contributed by atoms with E-state index in [1.165, 1.54) is 12.4 Å². The van der Waals surface area contributed by atoms with Crippen LogP contribution < -0.4 is 10.0 Å². The molecular weight excluding hydrogens is 284 g/mol. The highest BCUT2D eigenvalue weighted by Crippen LogP contribution is 2.25. The topological polar surface area (TPSA) is 84.0 Å². The van der Waals surface area contributed by atoms with Gasteiger partial charge in [0.05, 0.1) is 12.4 Å². The SMILES string of the molecule is CCNc1ncc(S(=O)(=O)NCC2CCCS2)cn1. The Hall–Kier alpha value is -0.860. The summed E-state index contributed by atoms with van der Waals surface area (Å²) in [6, 6.07) is 0. The third kappa shape index (κ3) is 4.05. The van der Waals surface area contributed by atoms with E-state index >= 15 is 0 Å². The zero-order chi connectivity index (χ0) is 13.7. The van der Waals surface area contributed by atoms with Crippen LogP contribution in [0.3, 0.4) is 0 Å². The lowest BCUT2D eigenvalue weighted by Gasteiger charge is -2.10. The molecule has 0 aliphatic carbocycles. The largest absolute Gasteiger partial charge is 0.355 e. The molecular formula is C11H18N4O2S2. The molecule has 106 valence electrons. The lowest BCUT2D eigenvalue weighted by Crippen LogP contribution is -2.30. The summed E-state index contributed by atoms with van der Waals surface area (Å²) in [5.41, 5.74) is 0. The van der Waals surface area contributed by atoms with Crippen LogP contribution in [0.1, 0.15) is 19.8 Å². The monoisotopic (exact) mass is 302 g/mol.